The van der Waals surface area contributed by atoms with Crippen LogP contribution in [0.25, 0.3) is 0 Å². The highest BCUT2D eigenvalue weighted by atomic mass is 16.5. The molecule has 2 aromatic rings. The van der Waals surface area contributed by atoms with Gasteiger partial charge in [0.25, 0.3) is 5.91 Å². The van der Waals surface area contributed by atoms with Gasteiger partial charge in [-0.15, -0.1) is 0 Å². The third-order valence-electron chi connectivity index (χ3n) is 6.47. The predicted octanol–water partition coefficient (Wildman–Crippen LogP) is 5.25. The molecule has 0 aliphatic heterocycles. The van der Waals surface area contributed by atoms with Crippen molar-refractivity contribution in [2.24, 2.45) is 0 Å². The largest absolute Gasteiger partial charge is 0.483 e. The minimum Gasteiger partial charge on any atom is -0.483 e. The molecular weight excluding hydrogens is 412 g/mol. The molecule has 1 aliphatic rings. The highest BCUT2D eigenvalue weighted by Gasteiger charge is 2.30. The summed E-state index contributed by atoms with van der Waals surface area (Å²) in [5.74, 6) is 0.471. The smallest absolute Gasteiger partial charge is 0.261 e. The summed E-state index contributed by atoms with van der Waals surface area (Å²) in [5.41, 5.74) is 4.21. The minimum atomic E-state index is -0.526. The molecule has 1 saturated carbocycles. The van der Waals surface area contributed by atoms with Gasteiger partial charge in [0.05, 0.1) is 0 Å². The van der Waals surface area contributed by atoms with E-state index in [9.17, 15) is 9.59 Å². The highest BCUT2D eigenvalue weighted by molar-refractivity contribution is 5.88. The fraction of sp³-hybridized carbons (Fsp3) is 0.500. The molecule has 5 heteroatoms. The molecule has 0 saturated heterocycles. The van der Waals surface area contributed by atoms with Crippen molar-refractivity contribution in [3.63, 3.8) is 0 Å². The van der Waals surface area contributed by atoms with E-state index in [-0.39, 0.29) is 24.5 Å². The van der Waals surface area contributed by atoms with Gasteiger partial charge >= 0.3 is 0 Å². The van der Waals surface area contributed by atoms with Crippen molar-refractivity contribution in [3.05, 3.63) is 64.7 Å². The van der Waals surface area contributed by atoms with Gasteiger partial charge in [-0.25, -0.2) is 0 Å². The molecule has 0 spiro atoms. The Kier molecular flexibility index (Phi) is 8.93. The van der Waals surface area contributed by atoms with E-state index < -0.39 is 6.04 Å². The zero-order chi connectivity index (χ0) is 23.8. The summed E-state index contributed by atoms with van der Waals surface area (Å²) in [6.07, 6.45) is 6.12. The standard InChI is InChI=1S/C28H38N2O3/c1-5-25(28(32)29-24-12-7-6-8-13-24)30(18-23-11-9-10-20(2)16-23)27(31)19-33-26-17-21(3)14-15-22(26)4/h9-11,14-17,24-25H,5-8,12-13,18-19H2,1-4H3,(H,29,32)/t25-/m1/s1. The number of amides is 2. The molecule has 1 fully saturated rings. The van der Waals surface area contributed by atoms with Crippen LogP contribution in [0.3, 0.4) is 0 Å². The Morgan fingerprint density at radius 1 is 1.03 bits per heavy atom. The first-order chi connectivity index (χ1) is 15.9. The van der Waals surface area contributed by atoms with Gasteiger partial charge in [0.15, 0.2) is 6.61 Å². The summed E-state index contributed by atoms with van der Waals surface area (Å²) in [4.78, 5) is 28.4. The molecule has 33 heavy (non-hydrogen) atoms. The monoisotopic (exact) mass is 450 g/mol. The summed E-state index contributed by atoms with van der Waals surface area (Å²) < 4.78 is 5.92. The fourth-order valence-corrected chi connectivity index (χ4v) is 4.56. The number of hydrogen-bond donors (Lipinski definition) is 1. The second-order valence-corrected chi connectivity index (χ2v) is 9.34. The van der Waals surface area contributed by atoms with Crippen LogP contribution in [0.4, 0.5) is 0 Å². The summed E-state index contributed by atoms with van der Waals surface area (Å²) in [5, 5.41) is 3.22. The van der Waals surface area contributed by atoms with E-state index in [1.54, 1.807) is 4.90 Å². The molecular formula is C28H38N2O3. The van der Waals surface area contributed by atoms with Crippen molar-refractivity contribution in [2.75, 3.05) is 6.61 Å². The lowest BCUT2D eigenvalue weighted by molar-refractivity contribution is -0.143. The van der Waals surface area contributed by atoms with Crippen molar-refractivity contribution in [1.29, 1.82) is 0 Å². The molecule has 0 aromatic heterocycles. The van der Waals surface area contributed by atoms with Crippen LogP contribution in [0.5, 0.6) is 5.75 Å². The predicted molar refractivity (Wildman–Crippen MR) is 132 cm³/mol. The Bertz CT molecular complexity index is 950. The molecule has 178 valence electrons. The molecule has 0 radical (unpaired) electrons. The van der Waals surface area contributed by atoms with Gasteiger partial charge in [-0.2, -0.15) is 0 Å². The van der Waals surface area contributed by atoms with Crippen LogP contribution in [0.1, 0.15) is 67.7 Å². The molecule has 5 nitrogen and oxygen atoms in total. The van der Waals surface area contributed by atoms with Crippen LogP contribution in [0, 0.1) is 20.8 Å². The van der Waals surface area contributed by atoms with E-state index in [2.05, 4.69) is 11.4 Å². The number of nitrogens with one attached hydrogen (secondary N) is 1. The van der Waals surface area contributed by atoms with Gasteiger partial charge in [-0.3, -0.25) is 9.59 Å². The van der Waals surface area contributed by atoms with E-state index >= 15 is 0 Å². The van der Waals surface area contributed by atoms with E-state index in [0.717, 1.165) is 47.9 Å². The maximum absolute atomic E-state index is 13.4. The van der Waals surface area contributed by atoms with Crippen molar-refractivity contribution in [1.82, 2.24) is 10.2 Å². The number of ether oxygens (including phenoxy) is 1. The van der Waals surface area contributed by atoms with Crippen LogP contribution >= 0.6 is 0 Å². The average molecular weight is 451 g/mol. The lowest BCUT2D eigenvalue weighted by atomic mass is 9.95. The van der Waals surface area contributed by atoms with Crippen LogP contribution in [0.15, 0.2) is 42.5 Å². The van der Waals surface area contributed by atoms with E-state index in [0.29, 0.717) is 18.7 Å². The molecule has 0 heterocycles. The Morgan fingerprint density at radius 3 is 2.45 bits per heavy atom. The SMILES string of the molecule is CC[C@H](C(=O)NC1CCCCC1)N(Cc1cccc(C)c1)C(=O)COc1cc(C)ccc1C. The van der Waals surface area contributed by atoms with E-state index in [4.69, 9.17) is 4.74 Å². The first kappa shape index (κ1) is 24.8. The fourth-order valence-electron chi connectivity index (χ4n) is 4.56. The third kappa shape index (κ3) is 7.08. The maximum Gasteiger partial charge on any atom is 0.261 e. The van der Waals surface area contributed by atoms with E-state index in [1.807, 2.05) is 64.1 Å². The first-order valence-electron chi connectivity index (χ1n) is 12.2. The number of nitrogens with zero attached hydrogens (tertiary/aromatic N) is 1. The average Bonchev–Trinajstić information content (AvgIpc) is 2.80. The second kappa shape index (κ2) is 11.9. The number of carbonyl (C=O) groups excluding carboxylic acids is 2. The number of rotatable bonds is 9. The Balaban J connectivity index is 1.78. The van der Waals surface area contributed by atoms with Crippen molar-refractivity contribution in [2.45, 2.75) is 84.8 Å². The normalized spacial score (nSPS) is 15.0. The molecule has 3 rings (SSSR count). The summed E-state index contributed by atoms with van der Waals surface area (Å²) >= 11 is 0. The molecule has 1 N–H and O–H groups in total. The second-order valence-electron chi connectivity index (χ2n) is 9.34. The Labute approximate surface area is 198 Å². The van der Waals surface area contributed by atoms with Gasteiger partial charge in [-0.05, 0) is 62.8 Å². The third-order valence-corrected chi connectivity index (χ3v) is 6.47. The Hall–Kier alpha value is -2.82. The lowest BCUT2D eigenvalue weighted by Crippen LogP contribution is -2.52. The maximum atomic E-state index is 13.4. The van der Waals surface area contributed by atoms with Gasteiger partial charge in [0.2, 0.25) is 5.91 Å². The topological polar surface area (TPSA) is 58.6 Å². The van der Waals surface area contributed by atoms with Crippen LogP contribution in [-0.2, 0) is 16.1 Å². The van der Waals surface area contributed by atoms with Crippen LogP contribution in [0.2, 0.25) is 0 Å². The lowest BCUT2D eigenvalue weighted by Gasteiger charge is -2.32. The molecule has 2 aromatic carbocycles. The minimum absolute atomic E-state index is 0.0582. The van der Waals surface area contributed by atoms with Crippen LogP contribution in [-0.4, -0.2) is 35.4 Å². The zero-order valence-electron chi connectivity index (χ0n) is 20.5. The molecule has 1 atom stereocenters. The number of benzene rings is 2. The molecule has 0 bridgehead atoms. The summed E-state index contributed by atoms with van der Waals surface area (Å²) in [7, 11) is 0. The first-order valence-corrected chi connectivity index (χ1v) is 12.2. The van der Waals surface area contributed by atoms with Crippen LogP contribution < -0.4 is 10.1 Å². The van der Waals surface area contributed by atoms with Crippen molar-refractivity contribution >= 4 is 11.8 Å². The zero-order valence-corrected chi connectivity index (χ0v) is 20.5. The van der Waals surface area contributed by atoms with Crippen molar-refractivity contribution in [3.8, 4) is 5.75 Å². The van der Waals surface area contributed by atoms with Gasteiger partial charge in [0.1, 0.15) is 11.8 Å². The number of carbonyl (C=O) groups is 2. The van der Waals surface area contributed by atoms with Crippen molar-refractivity contribution < 1.29 is 14.3 Å². The number of hydrogen-bond acceptors (Lipinski definition) is 3. The quantitative estimate of drug-likeness (QED) is 0.568. The van der Waals surface area contributed by atoms with Gasteiger partial charge < -0.3 is 15.0 Å². The Morgan fingerprint density at radius 2 is 1.76 bits per heavy atom. The molecule has 0 unspecified atom stereocenters. The summed E-state index contributed by atoms with van der Waals surface area (Å²) in [6, 6.07) is 13.7. The van der Waals surface area contributed by atoms with Gasteiger partial charge in [0, 0.05) is 12.6 Å². The highest BCUT2D eigenvalue weighted by Crippen LogP contribution is 2.21. The van der Waals surface area contributed by atoms with E-state index in [1.165, 1.54) is 6.42 Å². The molecule has 2 amide bonds. The molecule has 1 aliphatic carbocycles. The summed E-state index contributed by atoms with van der Waals surface area (Å²) in [6.45, 7) is 8.26. The van der Waals surface area contributed by atoms with Gasteiger partial charge in [-0.1, -0.05) is 68.1 Å². The number of aryl methyl sites for hydroxylation is 3.